The normalized spacial score (nSPS) is 26.9. The number of nitrogens with zero attached hydrogens (tertiary/aromatic N) is 1. The van der Waals surface area contributed by atoms with Gasteiger partial charge in [-0.05, 0) is 167 Å². The SMILES string of the molecule is CC.CC1CC2CC34CC(CCC(C3)C23c2ccccc2-c2c(-c5ccc(N(c6ccc(-c7ccccc7)cc6)c6ccc7c8c(oc7c6)C=CC=CC8)cc5)cccc23)CC14. The Morgan fingerprint density at radius 1 is 0.597 bits per heavy atom. The van der Waals surface area contributed by atoms with Crippen LogP contribution in [0.15, 0.2) is 162 Å². The van der Waals surface area contributed by atoms with Gasteiger partial charge in [-0.1, -0.05) is 142 Å². The first-order valence-electron chi connectivity index (χ1n) is 23.8. The molecule has 7 atom stereocenters. The highest BCUT2D eigenvalue weighted by Crippen LogP contribution is 2.75. The molecule has 0 amide bonds. The van der Waals surface area contributed by atoms with Gasteiger partial charge in [-0.3, -0.25) is 0 Å². The van der Waals surface area contributed by atoms with Crippen LogP contribution < -0.4 is 4.90 Å². The third-order valence-corrected chi connectivity index (χ3v) is 16.6. The first-order valence-corrected chi connectivity index (χ1v) is 23.8. The van der Waals surface area contributed by atoms with Gasteiger partial charge < -0.3 is 9.32 Å². The van der Waals surface area contributed by atoms with Crippen molar-refractivity contribution in [2.24, 2.45) is 35.0 Å². The van der Waals surface area contributed by atoms with Crippen LogP contribution >= 0.6 is 0 Å². The maximum Gasteiger partial charge on any atom is 0.137 e. The van der Waals surface area contributed by atoms with E-state index in [4.69, 9.17) is 4.42 Å². The second-order valence-electron chi connectivity index (χ2n) is 19.4. The molecule has 1 aromatic heterocycles. The Labute approximate surface area is 368 Å². The highest BCUT2D eigenvalue weighted by molar-refractivity contribution is 5.94. The molecule has 0 N–H and O–H groups in total. The maximum atomic E-state index is 6.52. The minimum absolute atomic E-state index is 0.120. The average molecular weight is 808 g/mol. The van der Waals surface area contributed by atoms with E-state index in [1.165, 1.54) is 89.3 Å². The molecule has 4 fully saturated rings. The second kappa shape index (κ2) is 14.6. The number of fused-ring (bicyclic) bond motifs is 13. The molecule has 0 aliphatic heterocycles. The van der Waals surface area contributed by atoms with Crippen molar-refractivity contribution < 1.29 is 4.42 Å². The molecule has 308 valence electrons. The van der Waals surface area contributed by atoms with E-state index in [-0.39, 0.29) is 5.41 Å². The second-order valence-corrected chi connectivity index (χ2v) is 19.4. The number of hydrogen-bond acceptors (Lipinski definition) is 2. The number of anilines is 3. The molecule has 7 unspecified atom stereocenters. The fraction of sp³-hybridized carbons (Fsp3) is 0.300. The Kier molecular flexibility index (Phi) is 8.93. The molecular formula is C60H57NO. The first-order chi connectivity index (χ1) is 30.6. The van der Waals surface area contributed by atoms with Crippen molar-refractivity contribution in [1.29, 1.82) is 0 Å². The molecule has 2 spiro atoms. The van der Waals surface area contributed by atoms with Crippen LogP contribution in [-0.4, -0.2) is 0 Å². The van der Waals surface area contributed by atoms with E-state index in [1.807, 2.05) is 13.8 Å². The van der Waals surface area contributed by atoms with E-state index < -0.39 is 0 Å². The Hall–Kier alpha value is -5.86. The number of benzene rings is 6. The predicted molar refractivity (Wildman–Crippen MR) is 259 cm³/mol. The fourth-order valence-electron chi connectivity index (χ4n) is 14.5. The lowest BCUT2D eigenvalue weighted by molar-refractivity contribution is -0.0662. The van der Waals surface area contributed by atoms with Gasteiger partial charge in [-0.25, -0.2) is 0 Å². The van der Waals surface area contributed by atoms with Gasteiger partial charge in [-0.2, -0.15) is 0 Å². The fourth-order valence-corrected chi connectivity index (χ4v) is 14.5. The summed E-state index contributed by atoms with van der Waals surface area (Å²) in [5.41, 5.74) is 17.6. The molecule has 4 saturated carbocycles. The largest absolute Gasteiger partial charge is 0.456 e. The van der Waals surface area contributed by atoms with Crippen molar-refractivity contribution in [3.63, 3.8) is 0 Å². The molecule has 62 heavy (non-hydrogen) atoms. The quantitative estimate of drug-likeness (QED) is 0.172. The van der Waals surface area contributed by atoms with Crippen LogP contribution in [0.4, 0.5) is 17.1 Å². The van der Waals surface area contributed by atoms with Crippen molar-refractivity contribution in [2.45, 2.75) is 77.6 Å². The number of allylic oxidation sites excluding steroid dienone is 3. The molecule has 0 saturated heterocycles. The smallest absolute Gasteiger partial charge is 0.137 e. The van der Waals surface area contributed by atoms with Crippen molar-refractivity contribution >= 4 is 34.1 Å². The maximum absolute atomic E-state index is 6.52. The summed E-state index contributed by atoms with van der Waals surface area (Å²) in [5, 5.41) is 1.18. The highest BCUT2D eigenvalue weighted by atomic mass is 16.3. The van der Waals surface area contributed by atoms with Crippen LogP contribution in [0.5, 0.6) is 0 Å². The van der Waals surface area contributed by atoms with Gasteiger partial charge in [0.25, 0.3) is 0 Å². The molecule has 2 nitrogen and oxygen atoms in total. The summed E-state index contributed by atoms with van der Waals surface area (Å²) in [5.74, 6) is 5.13. The molecule has 6 aliphatic carbocycles. The summed E-state index contributed by atoms with van der Waals surface area (Å²) >= 11 is 0. The Morgan fingerprint density at radius 2 is 1.29 bits per heavy atom. The van der Waals surface area contributed by atoms with Crippen molar-refractivity contribution in [2.75, 3.05) is 4.90 Å². The highest BCUT2D eigenvalue weighted by Gasteiger charge is 2.66. The summed E-state index contributed by atoms with van der Waals surface area (Å²) in [4.78, 5) is 2.39. The Balaban J connectivity index is 0.00000202. The molecule has 13 rings (SSSR count). The van der Waals surface area contributed by atoms with E-state index in [2.05, 4.69) is 176 Å². The average Bonchev–Trinajstić information content (AvgIpc) is 3.84. The molecule has 6 aliphatic rings. The molecule has 4 bridgehead atoms. The molecule has 2 heteroatoms. The van der Waals surface area contributed by atoms with Crippen LogP contribution in [0, 0.1) is 35.0 Å². The van der Waals surface area contributed by atoms with Gasteiger partial charge in [0, 0.05) is 39.5 Å². The Morgan fingerprint density at radius 3 is 2.11 bits per heavy atom. The summed E-state index contributed by atoms with van der Waals surface area (Å²) in [6.07, 6.45) is 19.4. The topological polar surface area (TPSA) is 16.4 Å². The predicted octanol–water partition coefficient (Wildman–Crippen LogP) is 16.5. The van der Waals surface area contributed by atoms with Gasteiger partial charge in [0.1, 0.15) is 11.3 Å². The van der Waals surface area contributed by atoms with Crippen LogP contribution in [0.1, 0.15) is 88.2 Å². The zero-order valence-corrected chi connectivity index (χ0v) is 36.5. The van der Waals surface area contributed by atoms with Crippen molar-refractivity contribution in [3.05, 3.63) is 180 Å². The number of hydrogen-bond donors (Lipinski definition) is 0. The van der Waals surface area contributed by atoms with E-state index in [1.54, 1.807) is 11.1 Å². The molecule has 7 aromatic rings. The van der Waals surface area contributed by atoms with Crippen LogP contribution in [0.25, 0.3) is 50.4 Å². The molecule has 1 heterocycles. The van der Waals surface area contributed by atoms with E-state index in [9.17, 15) is 0 Å². The van der Waals surface area contributed by atoms with Crippen LogP contribution in [0.2, 0.25) is 0 Å². The van der Waals surface area contributed by atoms with Gasteiger partial charge in [0.15, 0.2) is 0 Å². The van der Waals surface area contributed by atoms with E-state index >= 15 is 0 Å². The molecular weight excluding hydrogens is 751 g/mol. The molecule has 0 radical (unpaired) electrons. The Bertz CT molecular complexity index is 2880. The number of rotatable bonds is 5. The zero-order chi connectivity index (χ0) is 41.6. The summed E-state index contributed by atoms with van der Waals surface area (Å²) in [6, 6.07) is 52.8. The van der Waals surface area contributed by atoms with Crippen LogP contribution in [0.3, 0.4) is 0 Å². The van der Waals surface area contributed by atoms with E-state index in [0.29, 0.717) is 5.41 Å². The summed E-state index contributed by atoms with van der Waals surface area (Å²) in [6.45, 7) is 6.63. The van der Waals surface area contributed by atoms with Gasteiger partial charge in [0.2, 0.25) is 0 Å². The first kappa shape index (κ1) is 37.9. The van der Waals surface area contributed by atoms with Crippen molar-refractivity contribution in [1.82, 2.24) is 0 Å². The summed E-state index contributed by atoms with van der Waals surface area (Å²) < 4.78 is 6.52. The van der Waals surface area contributed by atoms with Crippen molar-refractivity contribution in [3.8, 4) is 33.4 Å². The van der Waals surface area contributed by atoms with Gasteiger partial charge in [-0.15, -0.1) is 0 Å². The van der Waals surface area contributed by atoms with E-state index in [0.717, 1.165) is 64.4 Å². The minimum Gasteiger partial charge on any atom is -0.456 e. The third kappa shape index (κ3) is 5.54. The zero-order valence-electron chi connectivity index (χ0n) is 36.5. The van der Waals surface area contributed by atoms with Gasteiger partial charge >= 0.3 is 0 Å². The summed E-state index contributed by atoms with van der Waals surface area (Å²) in [7, 11) is 0. The third-order valence-electron chi connectivity index (χ3n) is 16.6. The lowest BCUT2D eigenvalue weighted by Crippen LogP contribution is -2.55. The standard InChI is InChI=1S/C58H51NO.C2H6/c1-37-31-43-36-57-34-38(32-53(37)57)19-24-42(35-57)58(43)51-16-9-8-14-50(51)56-47(15-10-17-52(56)58)41-22-27-45(28-23-41)59(44-25-20-40(21-26-44)39-11-4-2-5-12-39)46-29-30-49-48-13-6-3-7-18-54(48)60-55(49)33-46;1-2/h2-12,14-18,20-23,25-30,33,37-38,42-43,53H,13,19,24,31-32,34-36H2,1H3;1-2H3. The molecule has 6 aromatic carbocycles. The lowest BCUT2D eigenvalue weighted by Gasteiger charge is -2.61. The monoisotopic (exact) mass is 807 g/mol. The van der Waals surface area contributed by atoms with Crippen LogP contribution in [-0.2, 0) is 11.8 Å². The number of furan rings is 1. The lowest BCUT2D eigenvalue weighted by atomic mass is 9.42. The van der Waals surface area contributed by atoms with Gasteiger partial charge in [0.05, 0.1) is 0 Å². The minimum atomic E-state index is 0.120.